The Kier molecular flexibility index (Phi) is 6.32. The number of nitrogens with zero attached hydrogens (tertiary/aromatic N) is 5. The van der Waals surface area contributed by atoms with E-state index < -0.39 is 23.7 Å². The van der Waals surface area contributed by atoms with Crippen LogP contribution in [0.15, 0.2) is 24.3 Å². The fraction of sp³-hybridized carbons (Fsp3) is 0.400. The van der Waals surface area contributed by atoms with Crippen molar-refractivity contribution < 1.29 is 22.8 Å². The Hall–Kier alpha value is -3.18. The third-order valence-corrected chi connectivity index (χ3v) is 3.33. The van der Waals surface area contributed by atoms with Crippen molar-refractivity contribution in [3.8, 4) is 6.01 Å². The van der Waals surface area contributed by atoms with Crippen LogP contribution in [0.25, 0.3) is 0 Å². The van der Waals surface area contributed by atoms with E-state index in [2.05, 4.69) is 25.0 Å². The van der Waals surface area contributed by atoms with Crippen LogP contribution in [0, 0.1) is 10.1 Å². The minimum absolute atomic E-state index is 0.0930. The molecule has 0 radical (unpaired) electrons. The van der Waals surface area contributed by atoms with Crippen LogP contribution in [-0.4, -0.2) is 45.7 Å². The maximum atomic E-state index is 12.4. The number of anilines is 3. The monoisotopic (exact) mass is 386 g/mol. The lowest BCUT2D eigenvalue weighted by Crippen LogP contribution is -2.26. The molecular formula is C15H17F3N6O3. The number of nitro benzene ring substituents is 1. The van der Waals surface area contributed by atoms with Gasteiger partial charge in [0.15, 0.2) is 6.61 Å². The van der Waals surface area contributed by atoms with E-state index in [1.807, 2.05) is 13.8 Å². The molecule has 12 heteroatoms. The van der Waals surface area contributed by atoms with E-state index in [9.17, 15) is 23.3 Å². The first-order valence-corrected chi connectivity index (χ1v) is 7.94. The molecule has 0 bridgehead atoms. The predicted octanol–water partition coefficient (Wildman–Crippen LogP) is 3.31. The topological polar surface area (TPSA) is 106 Å². The zero-order valence-electron chi connectivity index (χ0n) is 14.5. The van der Waals surface area contributed by atoms with Gasteiger partial charge in [-0.05, 0) is 19.9 Å². The molecule has 0 atom stereocenters. The standard InChI is InChI=1S/C15H17F3N6O3/c1-3-23(4-2)13-20-12(21-14(22-13)27-9-15(16,17)18)19-10-6-5-7-11(8-10)24(25)26/h5-8H,3-4,9H2,1-2H3,(H,19,20,21,22). The van der Waals surface area contributed by atoms with Crippen LogP contribution in [-0.2, 0) is 0 Å². The van der Waals surface area contributed by atoms with Crippen LogP contribution in [0.1, 0.15) is 13.8 Å². The lowest BCUT2D eigenvalue weighted by molar-refractivity contribution is -0.384. The summed E-state index contributed by atoms with van der Waals surface area (Å²) in [6.45, 7) is 3.13. The number of alkyl halides is 3. The molecular weight excluding hydrogens is 369 g/mol. The maximum absolute atomic E-state index is 12.4. The SMILES string of the molecule is CCN(CC)c1nc(Nc2cccc([N+](=O)[O-])c2)nc(OCC(F)(F)F)n1. The Morgan fingerprint density at radius 1 is 1.22 bits per heavy atom. The highest BCUT2D eigenvalue weighted by Gasteiger charge is 2.29. The van der Waals surface area contributed by atoms with Gasteiger partial charge in [0.25, 0.3) is 5.69 Å². The Labute approximate surface area is 152 Å². The Bertz CT molecular complexity index is 799. The first-order chi connectivity index (χ1) is 12.7. The number of nitrogens with one attached hydrogen (secondary N) is 1. The van der Waals surface area contributed by atoms with Crippen molar-refractivity contribution in [3.63, 3.8) is 0 Å². The minimum atomic E-state index is -4.55. The third-order valence-electron chi connectivity index (χ3n) is 3.33. The van der Waals surface area contributed by atoms with Gasteiger partial charge < -0.3 is 15.0 Å². The van der Waals surface area contributed by atoms with E-state index >= 15 is 0 Å². The summed E-state index contributed by atoms with van der Waals surface area (Å²) >= 11 is 0. The van der Waals surface area contributed by atoms with Gasteiger partial charge in [0.05, 0.1) is 4.92 Å². The maximum Gasteiger partial charge on any atom is 0.422 e. The fourth-order valence-electron chi connectivity index (χ4n) is 2.09. The summed E-state index contributed by atoms with van der Waals surface area (Å²) in [4.78, 5) is 23.8. The lowest BCUT2D eigenvalue weighted by atomic mass is 10.3. The normalized spacial score (nSPS) is 11.1. The first kappa shape index (κ1) is 20.1. The minimum Gasteiger partial charge on any atom is -0.454 e. The van der Waals surface area contributed by atoms with Crippen molar-refractivity contribution >= 4 is 23.3 Å². The molecule has 0 saturated heterocycles. The first-order valence-electron chi connectivity index (χ1n) is 7.94. The number of rotatable bonds is 8. The number of benzene rings is 1. The smallest absolute Gasteiger partial charge is 0.422 e. The Morgan fingerprint density at radius 3 is 2.52 bits per heavy atom. The number of hydrogen-bond donors (Lipinski definition) is 1. The van der Waals surface area contributed by atoms with Crippen LogP contribution in [0.2, 0.25) is 0 Å². The number of ether oxygens (including phenoxy) is 1. The van der Waals surface area contributed by atoms with Gasteiger partial charge in [-0.2, -0.15) is 28.1 Å². The van der Waals surface area contributed by atoms with Crippen LogP contribution >= 0.6 is 0 Å². The van der Waals surface area contributed by atoms with Gasteiger partial charge in [-0.15, -0.1) is 0 Å². The van der Waals surface area contributed by atoms with E-state index in [4.69, 9.17) is 0 Å². The molecule has 0 unspecified atom stereocenters. The number of aromatic nitrogens is 3. The number of nitro groups is 1. The van der Waals surface area contributed by atoms with E-state index in [1.165, 1.54) is 24.3 Å². The van der Waals surface area contributed by atoms with E-state index in [-0.39, 0.29) is 17.6 Å². The molecule has 0 saturated carbocycles. The third kappa shape index (κ3) is 5.94. The van der Waals surface area contributed by atoms with Gasteiger partial charge in [-0.3, -0.25) is 10.1 Å². The van der Waals surface area contributed by atoms with Crippen LogP contribution in [0.4, 0.5) is 36.4 Å². The molecule has 0 spiro atoms. The highest BCUT2D eigenvalue weighted by Crippen LogP contribution is 2.23. The summed E-state index contributed by atoms with van der Waals surface area (Å²) in [5.74, 6) is 0.0321. The summed E-state index contributed by atoms with van der Waals surface area (Å²) in [5, 5.41) is 13.6. The van der Waals surface area contributed by atoms with Crippen LogP contribution in [0.3, 0.4) is 0 Å². The predicted molar refractivity (Wildman–Crippen MR) is 91.3 cm³/mol. The Morgan fingerprint density at radius 2 is 1.93 bits per heavy atom. The average molecular weight is 386 g/mol. The van der Waals surface area contributed by atoms with Crippen molar-refractivity contribution in [2.24, 2.45) is 0 Å². The van der Waals surface area contributed by atoms with Gasteiger partial charge in [0.1, 0.15) is 0 Å². The molecule has 2 aromatic rings. The fourth-order valence-corrected chi connectivity index (χ4v) is 2.09. The summed E-state index contributed by atoms with van der Waals surface area (Å²) in [7, 11) is 0. The van der Waals surface area contributed by atoms with E-state index in [1.54, 1.807) is 4.90 Å². The molecule has 27 heavy (non-hydrogen) atoms. The summed E-state index contributed by atoms with van der Waals surface area (Å²) < 4.78 is 41.9. The lowest BCUT2D eigenvalue weighted by Gasteiger charge is -2.19. The molecule has 0 amide bonds. The second-order valence-electron chi connectivity index (χ2n) is 5.25. The van der Waals surface area contributed by atoms with Crippen molar-refractivity contribution in [1.29, 1.82) is 0 Å². The molecule has 0 aliphatic carbocycles. The number of non-ortho nitro benzene ring substituents is 1. The molecule has 1 aromatic carbocycles. The highest BCUT2D eigenvalue weighted by atomic mass is 19.4. The number of halogens is 3. The van der Waals surface area contributed by atoms with Crippen LogP contribution < -0.4 is 15.0 Å². The summed E-state index contributed by atoms with van der Waals surface area (Å²) in [6, 6.07) is 5.03. The quantitative estimate of drug-likeness (QED) is 0.544. The molecule has 1 N–H and O–H groups in total. The van der Waals surface area contributed by atoms with Gasteiger partial charge in [-0.1, -0.05) is 6.07 Å². The number of hydrogen-bond acceptors (Lipinski definition) is 8. The van der Waals surface area contributed by atoms with Crippen molar-refractivity contribution in [3.05, 3.63) is 34.4 Å². The van der Waals surface area contributed by atoms with Gasteiger partial charge in [0, 0.05) is 30.9 Å². The second kappa shape index (κ2) is 8.47. The van der Waals surface area contributed by atoms with Crippen molar-refractivity contribution in [2.45, 2.75) is 20.0 Å². The average Bonchev–Trinajstić information content (AvgIpc) is 2.60. The molecule has 0 fully saturated rings. The molecule has 0 aliphatic heterocycles. The molecule has 1 aromatic heterocycles. The molecule has 1 heterocycles. The van der Waals surface area contributed by atoms with Crippen LogP contribution in [0.5, 0.6) is 6.01 Å². The zero-order valence-corrected chi connectivity index (χ0v) is 14.5. The second-order valence-corrected chi connectivity index (χ2v) is 5.25. The van der Waals surface area contributed by atoms with Gasteiger partial charge >= 0.3 is 12.2 Å². The molecule has 0 aliphatic rings. The van der Waals surface area contributed by atoms with E-state index in [0.29, 0.717) is 18.8 Å². The Balaban J connectivity index is 2.34. The van der Waals surface area contributed by atoms with Gasteiger partial charge in [-0.25, -0.2) is 0 Å². The van der Waals surface area contributed by atoms with Gasteiger partial charge in [0.2, 0.25) is 11.9 Å². The zero-order chi connectivity index (χ0) is 20.0. The molecule has 146 valence electrons. The largest absolute Gasteiger partial charge is 0.454 e. The molecule has 9 nitrogen and oxygen atoms in total. The van der Waals surface area contributed by atoms with Crippen molar-refractivity contribution in [2.75, 3.05) is 29.9 Å². The highest BCUT2D eigenvalue weighted by molar-refractivity contribution is 5.58. The summed E-state index contributed by atoms with van der Waals surface area (Å²) in [6.07, 6.45) is -4.55. The van der Waals surface area contributed by atoms with E-state index in [0.717, 1.165) is 0 Å². The van der Waals surface area contributed by atoms with Crippen molar-refractivity contribution in [1.82, 2.24) is 15.0 Å². The summed E-state index contributed by atoms with van der Waals surface area (Å²) in [5.41, 5.74) is 0.134. The molecule has 2 rings (SSSR count).